The highest BCUT2D eigenvalue weighted by Gasteiger charge is 2.30. The maximum atomic E-state index is 12.8. The molecule has 0 atom stereocenters. The van der Waals surface area contributed by atoms with Gasteiger partial charge in [-0.2, -0.15) is 0 Å². The highest BCUT2D eigenvalue weighted by molar-refractivity contribution is 7.93. The van der Waals surface area contributed by atoms with E-state index in [1.807, 2.05) is 44.1 Å². The Kier molecular flexibility index (Phi) is 4.28. The summed E-state index contributed by atoms with van der Waals surface area (Å²) >= 11 is 0. The van der Waals surface area contributed by atoms with Crippen LogP contribution in [0.3, 0.4) is 0 Å². The van der Waals surface area contributed by atoms with Gasteiger partial charge in [-0.15, -0.1) is 0 Å². The summed E-state index contributed by atoms with van der Waals surface area (Å²) in [6, 6.07) is 10.9. The van der Waals surface area contributed by atoms with Gasteiger partial charge >= 0.3 is 0 Å². The summed E-state index contributed by atoms with van der Waals surface area (Å²) in [5, 5.41) is 0.931. The lowest BCUT2D eigenvalue weighted by atomic mass is 9.97. The zero-order chi connectivity index (χ0) is 19.2. The fourth-order valence-corrected chi connectivity index (χ4v) is 4.60. The molecule has 0 fully saturated rings. The number of hydrogen-bond acceptors (Lipinski definition) is 5. The summed E-state index contributed by atoms with van der Waals surface area (Å²) in [4.78, 5) is 6.71. The SMILES string of the molecule is Cc1cc2c(c3ncccc13)NS(=O)(=O)c1ccc(OCCN(C)C)cc1-2. The summed E-state index contributed by atoms with van der Waals surface area (Å²) in [5.74, 6) is 0.650. The Labute approximate surface area is 158 Å². The van der Waals surface area contributed by atoms with Crippen molar-refractivity contribution in [3.63, 3.8) is 0 Å². The van der Waals surface area contributed by atoms with E-state index in [2.05, 4.69) is 9.71 Å². The van der Waals surface area contributed by atoms with Crippen LogP contribution < -0.4 is 9.46 Å². The number of rotatable bonds is 4. The summed E-state index contributed by atoms with van der Waals surface area (Å²) in [6.07, 6.45) is 1.67. The third-order valence-electron chi connectivity index (χ3n) is 4.67. The number of anilines is 1. The molecule has 4 rings (SSSR count). The normalized spacial score (nSPS) is 14.5. The molecule has 0 saturated heterocycles. The van der Waals surface area contributed by atoms with Crippen molar-refractivity contribution in [3.05, 3.63) is 48.2 Å². The van der Waals surface area contributed by atoms with Crippen molar-refractivity contribution in [1.29, 1.82) is 0 Å². The summed E-state index contributed by atoms with van der Waals surface area (Å²) < 4.78 is 34.1. The predicted molar refractivity (Wildman–Crippen MR) is 107 cm³/mol. The van der Waals surface area contributed by atoms with Gasteiger partial charge in [-0.3, -0.25) is 9.71 Å². The van der Waals surface area contributed by atoms with E-state index in [4.69, 9.17) is 4.74 Å². The molecule has 1 N–H and O–H groups in total. The molecule has 2 heterocycles. The second-order valence-electron chi connectivity index (χ2n) is 6.93. The number of sulfonamides is 1. The fraction of sp³-hybridized carbons (Fsp3) is 0.250. The van der Waals surface area contributed by atoms with Gasteiger partial charge < -0.3 is 9.64 Å². The molecule has 1 aromatic heterocycles. The molecule has 3 aromatic rings. The van der Waals surface area contributed by atoms with Crippen LogP contribution in [0.5, 0.6) is 5.75 Å². The van der Waals surface area contributed by atoms with Crippen LogP contribution in [0.25, 0.3) is 22.0 Å². The number of aromatic nitrogens is 1. The van der Waals surface area contributed by atoms with Crippen molar-refractivity contribution in [2.75, 3.05) is 32.0 Å². The third kappa shape index (κ3) is 3.13. The fourth-order valence-electron chi connectivity index (χ4n) is 3.31. The van der Waals surface area contributed by atoms with Gasteiger partial charge in [0, 0.05) is 29.3 Å². The molecule has 0 radical (unpaired) electrons. The first-order valence-electron chi connectivity index (χ1n) is 8.70. The van der Waals surface area contributed by atoms with Gasteiger partial charge in [0.25, 0.3) is 10.0 Å². The van der Waals surface area contributed by atoms with Gasteiger partial charge in [0.05, 0.1) is 16.1 Å². The van der Waals surface area contributed by atoms with Crippen molar-refractivity contribution in [2.45, 2.75) is 11.8 Å². The second kappa shape index (κ2) is 6.51. The molecular weight excluding hydrogens is 362 g/mol. The molecule has 27 heavy (non-hydrogen) atoms. The Hall–Kier alpha value is -2.64. The number of aryl methyl sites for hydroxylation is 1. The Bertz CT molecular complexity index is 1140. The number of likely N-dealkylation sites (N-methyl/N-ethyl adjacent to an activating group) is 1. The second-order valence-corrected chi connectivity index (χ2v) is 8.58. The Morgan fingerprint density at radius 1 is 1.15 bits per heavy atom. The molecular formula is C20H21N3O3S. The zero-order valence-corrected chi connectivity index (χ0v) is 16.3. The summed E-state index contributed by atoms with van der Waals surface area (Å²) in [7, 11) is 0.291. The molecule has 0 aliphatic carbocycles. The molecule has 6 nitrogen and oxygen atoms in total. The molecule has 1 aliphatic rings. The number of ether oxygens (including phenoxy) is 1. The molecule has 0 spiro atoms. The molecule has 0 unspecified atom stereocenters. The molecule has 2 aromatic carbocycles. The Morgan fingerprint density at radius 3 is 2.74 bits per heavy atom. The summed E-state index contributed by atoms with van der Waals surface area (Å²) in [5.41, 5.74) is 3.68. The van der Waals surface area contributed by atoms with E-state index in [1.165, 1.54) is 0 Å². The van der Waals surface area contributed by atoms with Crippen LogP contribution >= 0.6 is 0 Å². The van der Waals surface area contributed by atoms with E-state index >= 15 is 0 Å². The van der Waals surface area contributed by atoms with E-state index in [9.17, 15) is 8.42 Å². The van der Waals surface area contributed by atoms with Crippen LogP contribution in [0, 0.1) is 6.92 Å². The minimum atomic E-state index is -3.66. The molecule has 0 bridgehead atoms. The maximum absolute atomic E-state index is 12.8. The lowest BCUT2D eigenvalue weighted by Crippen LogP contribution is -2.21. The van der Waals surface area contributed by atoms with Crippen molar-refractivity contribution in [1.82, 2.24) is 9.88 Å². The largest absolute Gasteiger partial charge is 0.492 e. The van der Waals surface area contributed by atoms with Crippen LogP contribution in [0.1, 0.15) is 5.56 Å². The van der Waals surface area contributed by atoms with Gasteiger partial charge in [-0.05, 0) is 56.9 Å². The van der Waals surface area contributed by atoms with E-state index in [-0.39, 0.29) is 4.90 Å². The number of fused-ring (bicyclic) bond motifs is 5. The third-order valence-corrected chi connectivity index (χ3v) is 6.08. The molecule has 140 valence electrons. The van der Waals surface area contributed by atoms with Crippen LogP contribution in [0.4, 0.5) is 5.69 Å². The first kappa shape index (κ1) is 17.8. The Morgan fingerprint density at radius 2 is 1.96 bits per heavy atom. The van der Waals surface area contributed by atoms with E-state index in [1.54, 1.807) is 24.4 Å². The number of nitrogens with zero attached hydrogens (tertiary/aromatic N) is 2. The standard InChI is InChI=1S/C20H21N3O3S/c1-13-11-17-16-12-14(26-10-9-23(2)3)6-7-18(16)27(24,25)22-20(17)19-15(13)5-4-8-21-19/h4-8,11-12,22H,9-10H2,1-3H3. The van der Waals surface area contributed by atoms with Crippen molar-refractivity contribution >= 4 is 26.6 Å². The van der Waals surface area contributed by atoms with E-state index in [0.717, 1.165) is 23.1 Å². The van der Waals surface area contributed by atoms with Gasteiger partial charge in [0.2, 0.25) is 0 Å². The molecule has 0 amide bonds. The number of benzene rings is 2. The predicted octanol–water partition coefficient (Wildman–Crippen LogP) is 3.26. The average Bonchev–Trinajstić information content (AvgIpc) is 2.63. The molecule has 7 heteroatoms. The first-order valence-corrected chi connectivity index (χ1v) is 10.2. The smallest absolute Gasteiger partial charge is 0.262 e. The van der Waals surface area contributed by atoms with E-state index in [0.29, 0.717) is 29.1 Å². The molecule has 0 saturated carbocycles. The summed E-state index contributed by atoms with van der Waals surface area (Å²) in [6.45, 7) is 3.31. The van der Waals surface area contributed by atoms with Gasteiger partial charge in [-0.25, -0.2) is 8.42 Å². The van der Waals surface area contributed by atoms with Gasteiger partial charge in [0.15, 0.2) is 0 Å². The minimum Gasteiger partial charge on any atom is -0.492 e. The number of hydrogen-bond donors (Lipinski definition) is 1. The lowest BCUT2D eigenvalue weighted by Gasteiger charge is -2.24. The highest BCUT2D eigenvalue weighted by atomic mass is 32.2. The van der Waals surface area contributed by atoms with Gasteiger partial charge in [-0.1, -0.05) is 6.07 Å². The number of pyridine rings is 1. The van der Waals surface area contributed by atoms with Crippen molar-refractivity contribution in [3.8, 4) is 16.9 Å². The van der Waals surface area contributed by atoms with E-state index < -0.39 is 10.0 Å². The monoisotopic (exact) mass is 383 g/mol. The minimum absolute atomic E-state index is 0.254. The molecule has 1 aliphatic heterocycles. The maximum Gasteiger partial charge on any atom is 0.262 e. The quantitative estimate of drug-likeness (QED) is 0.749. The Balaban J connectivity index is 1.88. The lowest BCUT2D eigenvalue weighted by molar-refractivity contribution is 0.261. The van der Waals surface area contributed by atoms with Crippen LogP contribution in [0.2, 0.25) is 0 Å². The van der Waals surface area contributed by atoms with Crippen LogP contribution in [0.15, 0.2) is 47.5 Å². The zero-order valence-electron chi connectivity index (χ0n) is 15.5. The number of nitrogens with one attached hydrogen (secondary N) is 1. The van der Waals surface area contributed by atoms with Crippen molar-refractivity contribution in [2.24, 2.45) is 0 Å². The topological polar surface area (TPSA) is 71.5 Å². The average molecular weight is 383 g/mol. The van der Waals surface area contributed by atoms with Crippen LogP contribution in [-0.4, -0.2) is 45.5 Å². The highest BCUT2D eigenvalue weighted by Crippen LogP contribution is 2.44. The first-order chi connectivity index (χ1) is 12.9. The van der Waals surface area contributed by atoms with Crippen LogP contribution in [-0.2, 0) is 10.0 Å². The van der Waals surface area contributed by atoms with Crippen molar-refractivity contribution < 1.29 is 13.2 Å². The van der Waals surface area contributed by atoms with Gasteiger partial charge in [0.1, 0.15) is 12.4 Å².